The van der Waals surface area contributed by atoms with E-state index in [-0.39, 0.29) is 16.9 Å². The maximum absolute atomic E-state index is 13.3. The summed E-state index contributed by atoms with van der Waals surface area (Å²) in [6, 6.07) is 4.21. The van der Waals surface area contributed by atoms with Gasteiger partial charge in [-0.05, 0) is 66.6 Å². The number of aromatic nitrogens is 1. The van der Waals surface area contributed by atoms with Crippen LogP contribution in [0.5, 0.6) is 0 Å². The number of halogens is 1. The van der Waals surface area contributed by atoms with E-state index in [1.165, 1.54) is 5.56 Å². The van der Waals surface area contributed by atoms with Crippen LogP contribution in [0.1, 0.15) is 72.0 Å². The molecule has 1 amide bonds. The molecular formula is C23H31BrN2O2. The van der Waals surface area contributed by atoms with Crippen molar-refractivity contribution < 1.29 is 4.79 Å². The van der Waals surface area contributed by atoms with Crippen LogP contribution in [0.4, 0.5) is 5.69 Å². The molecule has 0 aliphatic carbocycles. The molecule has 1 aromatic heterocycles. The first-order valence-corrected chi connectivity index (χ1v) is 10.9. The van der Waals surface area contributed by atoms with E-state index in [0.717, 1.165) is 53.9 Å². The average molecular weight is 447 g/mol. The van der Waals surface area contributed by atoms with Gasteiger partial charge in [-0.3, -0.25) is 9.59 Å². The molecule has 0 saturated heterocycles. The standard InChI is InChI=1S/C23H31BrN2O2/c1-7-10-11-18-19(22(27)20(24)15(5)26(18)6)23(28)25-21-16(8-2)12-14(4)13-17(21)9-3/h12-13H,7-11H2,1-6H3,(H,25,28). The molecule has 0 spiro atoms. The summed E-state index contributed by atoms with van der Waals surface area (Å²) in [5.74, 6) is -0.319. The molecule has 0 saturated carbocycles. The highest BCUT2D eigenvalue weighted by atomic mass is 79.9. The lowest BCUT2D eigenvalue weighted by Gasteiger charge is -2.20. The molecule has 1 aromatic carbocycles. The van der Waals surface area contributed by atoms with Crippen LogP contribution in [0.3, 0.4) is 0 Å². The van der Waals surface area contributed by atoms with Crippen LogP contribution in [0.25, 0.3) is 0 Å². The molecule has 5 heteroatoms. The monoisotopic (exact) mass is 446 g/mol. The van der Waals surface area contributed by atoms with Gasteiger partial charge in [0.2, 0.25) is 5.43 Å². The molecule has 0 unspecified atom stereocenters. The summed E-state index contributed by atoms with van der Waals surface area (Å²) in [5.41, 5.74) is 5.89. The van der Waals surface area contributed by atoms with E-state index < -0.39 is 0 Å². The number of aryl methyl sites for hydroxylation is 3. The van der Waals surface area contributed by atoms with Crippen molar-refractivity contribution in [2.45, 2.75) is 66.7 Å². The van der Waals surface area contributed by atoms with E-state index in [4.69, 9.17) is 0 Å². The van der Waals surface area contributed by atoms with Crippen molar-refractivity contribution >= 4 is 27.5 Å². The molecule has 28 heavy (non-hydrogen) atoms. The lowest BCUT2D eigenvalue weighted by Crippen LogP contribution is -2.29. The summed E-state index contributed by atoms with van der Waals surface area (Å²) >= 11 is 3.39. The van der Waals surface area contributed by atoms with Gasteiger partial charge in [-0.2, -0.15) is 0 Å². The number of hydrogen-bond donors (Lipinski definition) is 1. The summed E-state index contributed by atoms with van der Waals surface area (Å²) in [7, 11) is 1.92. The van der Waals surface area contributed by atoms with Crippen LogP contribution in [0.2, 0.25) is 0 Å². The third-order valence-electron chi connectivity index (χ3n) is 5.38. The molecule has 1 N–H and O–H groups in total. The number of nitrogens with zero attached hydrogens (tertiary/aromatic N) is 1. The number of nitrogens with one attached hydrogen (secondary N) is 1. The Morgan fingerprint density at radius 3 is 2.18 bits per heavy atom. The molecule has 4 nitrogen and oxygen atoms in total. The maximum Gasteiger partial charge on any atom is 0.261 e. The molecule has 0 bridgehead atoms. The van der Waals surface area contributed by atoms with E-state index in [1.54, 1.807) is 0 Å². The Hall–Kier alpha value is -1.88. The molecule has 0 aliphatic heterocycles. The van der Waals surface area contributed by atoms with E-state index in [2.05, 4.69) is 61.1 Å². The molecule has 0 fully saturated rings. The first kappa shape index (κ1) is 22.4. The first-order chi connectivity index (χ1) is 13.3. The fourth-order valence-electron chi connectivity index (χ4n) is 3.63. The Morgan fingerprint density at radius 2 is 1.68 bits per heavy atom. The van der Waals surface area contributed by atoms with Crippen molar-refractivity contribution in [2.75, 3.05) is 5.32 Å². The first-order valence-electron chi connectivity index (χ1n) is 10.1. The highest BCUT2D eigenvalue weighted by Crippen LogP contribution is 2.26. The zero-order valence-electron chi connectivity index (χ0n) is 17.8. The molecule has 2 aromatic rings. The predicted octanol–water partition coefficient (Wildman–Crippen LogP) is 5.48. The summed E-state index contributed by atoms with van der Waals surface area (Å²) in [5, 5.41) is 3.08. The molecule has 1 heterocycles. The van der Waals surface area contributed by atoms with Crippen LogP contribution in [-0.4, -0.2) is 10.5 Å². The number of carbonyl (C=O) groups is 1. The van der Waals surface area contributed by atoms with Gasteiger partial charge in [0.15, 0.2) is 0 Å². The van der Waals surface area contributed by atoms with Gasteiger partial charge in [-0.25, -0.2) is 0 Å². The van der Waals surface area contributed by atoms with Crippen molar-refractivity contribution in [1.29, 1.82) is 0 Å². The number of amides is 1. The SMILES string of the molecule is CCCCc1c(C(=O)Nc2c(CC)cc(C)cc2CC)c(=O)c(Br)c(C)n1C. The largest absolute Gasteiger partial charge is 0.350 e. The summed E-state index contributed by atoms with van der Waals surface area (Å²) in [6.45, 7) is 10.2. The molecule has 0 atom stereocenters. The van der Waals surface area contributed by atoms with Crippen molar-refractivity contribution in [2.24, 2.45) is 7.05 Å². The molecule has 2 rings (SSSR count). The van der Waals surface area contributed by atoms with Gasteiger partial charge in [0.1, 0.15) is 5.56 Å². The van der Waals surface area contributed by atoms with E-state index in [0.29, 0.717) is 10.9 Å². The minimum Gasteiger partial charge on any atom is -0.350 e. The number of carbonyl (C=O) groups excluding carboxylic acids is 1. The molecular weight excluding hydrogens is 416 g/mol. The summed E-state index contributed by atoms with van der Waals surface area (Å²) in [6.07, 6.45) is 4.28. The quantitative estimate of drug-likeness (QED) is 0.611. The number of anilines is 1. The van der Waals surface area contributed by atoms with Gasteiger partial charge in [-0.1, -0.05) is 44.9 Å². The smallest absolute Gasteiger partial charge is 0.261 e. The van der Waals surface area contributed by atoms with Gasteiger partial charge in [0.25, 0.3) is 5.91 Å². The van der Waals surface area contributed by atoms with Crippen LogP contribution >= 0.6 is 15.9 Å². The zero-order valence-corrected chi connectivity index (χ0v) is 19.4. The maximum atomic E-state index is 13.3. The topological polar surface area (TPSA) is 51.1 Å². The third-order valence-corrected chi connectivity index (χ3v) is 6.32. The van der Waals surface area contributed by atoms with Gasteiger partial charge >= 0.3 is 0 Å². The van der Waals surface area contributed by atoms with Gasteiger partial charge in [-0.15, -0.1) is 0 Å². The lowest BCUT2D eigenvalue weighted by molar-refractivity contribution is 0.102. The van der Waals surface area contributed by atoms with E-state index >= 15 is 0 Å². The highest BCUT2D eigenvalue weighted by molar-refractivity contribution is 9.10. The number of pyridine rings is 1. The van der Waals surface area contributed by atoms with Crippen LogP contribution in [0.15, 0.2) is 21.4 Å². The van der Waals surface area contributed by atoms with Crippen molar-refractivity contribution in [3.63, 3.8) is 0 Å². The number of unbranched alkanes of at least 4 members (excludes halogenated alkanes) is 1. The van der Waals surface area contributed by atoms with Gasteiger partial charge in [0, 0.05) is 24.1 Å². The second-order valence-electron chi connectivity index (χ2n) is 7.33. The van der Waals surface area contributed by atoms with Crippen LogP contribution < -0.4 is 10.7 Å². The minimum absolute atomic E-state index is 0.234. The fraction of sp³-hybridized carbons (Fsp3) is 0.478. The second-order valence-corrected chi connectivity index (χ2v) is 8.13. The van der Waals surface area contributed by atoms with E-state index in [1.807, 2.05) is 18.5 Å². The predicted molar refractivity (Wildman–Crippen MR) is 121 cm³/mol. The fourth-order valence-corrected chi connectivity index (χ4v) is 4.09. The number of hydrogen-bond acceptors (Lipinski definition) is 2. The minimum atomic E-state index is -0.319. The normalized spacial score (nSPS) is 11.0. The highest BCUT2D eigenvalue weighted by Gasteiger charge is 2.23. The lowest BCUT2D eigenvalue weighted by atomic mass is 9.99. The van der Waals surface area contributed by atoms with Crippen molar-refractivity contribution in [1.82, 2.24) is 4.57 Å². The molecule has 152 valence electrons. The average Bonchev–Trinajstić information content (AvgIpc) is 2.68. The Morgan fingerprint density at radius 1 is 1.11 bits per heavy atom. The molecule has 0 radical (unpaired) electrons. The van der Waals surface area contributed by atoms with Gasteiger partial charge < -0.3 is 9.88 Å². The summed E-state index contributed by atoms with van der Waals surface area (Å²) < 4.78 is 2.42. The Bertz CT molecular complexity index is 920. The molecule has 0 aliphatic rings. The Kier molecular flexibility index (Phi) is 7.64. The summed E-state index contributed by atoms with van der Waals surface area (Å²) in [4.78, 5) is 26.3. The van der Waals surface area contributed by atoms with E-state index in [9.17, 15) is 9.59 Å². The van der Waals surface area contributed by atoms with Crippen LogP contribution in [-0.2, 0) is 26.3 Å². The zero-order chi connectivity index (χ0) is 21.0. The number of benzene rings is 1. The number of rotatable bonds is 7. The van der Waals surface area contributed by atoms with Crippen LogP contribution in [0, 0.1) is 13.8 Å². The Labute approximate surface area is 176 Å². The van der Waals surface area contributed by atoms with Crippen molar-refractivity contribution in [3.05, 3.63) is 60.5 Å². The van der Waals surface area contributed by atoms with Crippen molar-refractivity contribution in [3.8, 4) is 0 Å². The Balaban J connectivity index is 2.61. The second kappa shape index (κ2) is 9.55. The van der Waals surface area contributed by atoms with Gasteiger partial charge in [0.05, 0.1) is 4.47 Å². The third kappa shape index (κ3) is 4.40.